The summed E-state index contributed by atoms with van der Waals surface area (Å²) in [5, 5.41) is 4.18. The summed E-state index contributed by atoms with van der Waals surface area (Å²) in [5.41, 5.74) is 12.1. The van der Waals surface area contributed by atoms with Crippen LogP contribution in [0.25, 0.3) is 22.4 Å². The van der Waals surface area contributed by atoms with E-state index in [1.807, 2.05) is 36.4 Å². The Kier molecular flexibility index (Phi) is 3.03. The zero-order chi connectivity index (χ0) is 14.1. The molecule has 3 rings (SSSR count). The molecular weight excluding hydrogens is 248 g/mol. The van der Waals surface area contributed by atoms with Crippen LogP contribution in [0.3, 0.4) is 0 Å². The van der Waals surface area contributed by atoms with Gasteiger partial charge in [0, 0.05) is 5.56 Å². The van der Waals surface area contributed by atoms with Crippen LogP contribution in [0.15, 0.2) is 53.1 Å². The van der Waals surface area contributed by atoms with Crippen molar-refractivity contribution >= 4 is 5.88 Å². The van der Waals surface area contributed by atoms with Crippen LogP contribution >= 0.6 is 0 Å². The molecule has 0 saturated carbocycles. The van der Waals surface area contributed by atoms with Gasteiger partial charge in [0.2, 0.25) is 5.88 Å². The van der Waals surface area contributed by atoms with Crippen molar-refractivity contribution in [2.24, 2.45) is 0 Å². The van der Waals surface area contributed by atoms with E-state index in [0.717, 1.165) is 33.5 Å². The number of nitrogens with two attached hydrogens (primary N) is 1. The molecule has 1 aromatic heterocycles. The van der Waals surface area contributed by atoms with Crippen LogP contribution in [0.2, 0.25) is 0 Å². The molecule has 1 heterocycles. The van der Waals surface area contributed by atoms with Gasteiger partial charge in [-0.25, -0.2) is 0 Å². The van der Waals surface area contributed by atoms with Crippen LogP contribution in [0.5, 0.6) is 0 Å². The van der Waals surface area contributed by atoms with Crippen molar-refractivity contribution in [2.75, 3.05) is 5.73 Å². The molecule has 2 aromatic carbocycles. The summed E-state index contributed by atoms with van der Waals surface area (Å²) in [6.07, 6.45) is 0. The molecule has 0 radical (unpaired) electrons. The van der Waals surface area contributed by atoms with Crippen molar-refractivity contribution in [1.29, 1.82) is 0 Å². The first-order valence-corrected chi connectivity index (χ1v) is 6.55. The average molecular weight is 264 g/mol. The molecule has 0 saturated heterocycles. The SMILES string of the molecule is Cc1cccc(C)c1-c1noc(N)c1-c1ccccc1. The van der Waals surface area contributed by atoms with Crippen LogP contribution in [-0.4, -0.2) is 5.16 Å². The van der Waals surface area contributed by atoms with E-state index in [4.69, 9.17) is 10.3 Å². The van der Waals surface area contributed by atoms with E-state index in [2.05, 4.69) is 31.1 Å². The minimum absolute atomic E-state index is 0.355. The van der Waals surface area contributed by atoms with Gasteiger partial charge in [-0.1, -0.05) is 53.7 Å². The van der Waals surface area contributed by atoms with Crippen LogP contribution in [0, 0.1) is 13.8 Å². The summed E-state index contributed by atoms with van der Waals surface area (Å²) in [7, 11) is 0. The first kappa shape index (κ1) is 12.5. The monoisotopic (exact) mass is 264 g/mol. The van der Waals surface area contributed by atoms with Crippen LogP contribution in [-0.2, 0) is 0 Å². The number of hydrogen-bond donors (Lipinski definition) is 1. The van der Waals surface area contributed by atoms with E-state index < -0.39 is 0 Å². The fourth-order valence-electron chi connectivity index (χ4n) is 2.55. The molecule has 3 aromatic rings. The molecule has 0 aliphatic rings. The second-order valence-electron chi connectivity index (χ2n) is 4.90. The molecule has 20 heavy (non-hydrogen) atoms. The van der Waals surface area contributed by atoms with Crippen LogP contribution < -0.4 is 5.73 Å². The Balaban J connectivity index is 2.27. The van der Waals surface area contributed by atoms with Crippen LogP contribution in [0.1, 0.15) is 11.1 Å². The van der Waals surface area contributed by atoms with Gasteiger partial charge in [0.1, 0.15) is 5.69 Å². The van der Waals surface area contributed by atoms with Crippen molar-refractivity contribution in [3.8, 4) is 22.4 Å². The summed E-state index contributed by atoms with van der Waals surface area (Å²) >= 11 is 0. The van der Waals surface area contributed by atoms with Crippen molar-refractivity contribution in [3.05, 3.63) is 59.7 Å². The average Bonchev–Trinajstić information content (AvgIpc) is 2.81. The van der Waals surface area contributed by atoms with E-state index in [0.29, 0.717) is 5.88 Å². The third-order valence-electron chi connectivity index (χ3n) is 3.50. The summed E-state index contributed by atoms with van der Waals surface area (Å²) in [5.74, 6) is 0.355. The Morgan fingerprint density at radius 2 is 1.50 bits per heavy atom. The molecule has 0 fully saturated rings. The Morgan fingerprint density at radius 3 is 2.15 bits per heavy atom. The second-order valence-corrected chi connectivity index (χ2v) is 4.90. The maximum Gasteiger partial charge on any atom is 0.230 e. The van der Waals surface area contributed by atoms with E-state index in [1.165, 1.54) is 0 Å². The first-order valence-electron chi connectivity index (χ1n) is 6.55. The lowest BCUT2D eigenvalue weighted by molar-refractivity contribution is 0.439. The van der Waals surface area contributed by atoms with Gasteiger partial charge in [-0.15, -0.1) is 0 Å². The van der Waals surface area contributed by atoms with E-state index in [-0.39, 0.29) is 0 Å². The molecule has 0 amide bonds. The van der Waals surface area contributed by atoms with Gasteiger partial charge in [0.05, 0.1) is 5.56 Å². The zero-order valence-electron chi connectivity index (χ0n) is 11.6. The third-order valence-corrected chi connectivity index (χ3v) is 3.50. The molecule has 0 aliphatic carbocycles. The van der Waals surface area contributed by atoms with E-state index in [1.54, 1.807) is 0 Å². The number of benzene rings is 2. The minimum Gasteiger partial charge on any atom is -0.367 e. The molecule has 100 valence electrons. The Hall–Kier alpha value is -2.55. The lowest BCUT2D eigenvalue weighted by Crippen LogP contribution is -1.91. The van der Waals surface area contributed by atoms with Gasteiger partial charge >= 0.3 is 0 Å². The van der Waals surface area contributed by atoms with Gasteiger partial charge in [-0.2, -0.15) is 0 Å². The van der Waals surface area contributed by atoms with Crippen molar-refractivity contribution in [3.63, 3.8) is 0 Å². The number of rotatable bonds is 2. The summed E-state index contributed by atoms with van der Waals surface area (Å²) < 4.78 is 5.24. The van der Waals surface area contributed by atoms with Gasteiger partial charge in [0.15, 0.2) is 0 Å². The van der Waals surface area contributed by atoms with E-state index in [9.17, 15) is 0 Å². The fraction of sp³-hybridized carbons (Fsp3) is 0.118. The highest BCUT2D eigenvalue weighted by atomic mass is 16.5. The summed E-state index contributed by atoms with van der Waals surface area (Å²) in [6, 6.07) is 16.2. The second kappa shape index (κ2) is 4.85. The highest BCUT2D eigenvalue weighted by molar-refractivity contribution is 5.88. The smallest absolute Gasteiger partial charge is 0.230 e. The lowest BCUT2D eigenvalue weighted by Gasteiger charge is -2.08. The van der Waals surface area contributed by atoms with E-state index >= 15 is 0 Å². The maximum absolute atomic E-state index is 5.98. The predicted molar refractivity (Wildman–Crippen MR) is 81.3 cm³/mol. The van der Waals surface area contributed by atoms with Gasteiger partial charge in [-0.3, -0.25) is 0 Å². The predicted octanol–water partition coefficient (Wildman–Crippen LogP) is 4.21. The van der Waals surface area contributed by atoms with Crippen molar-refractivity contribution in [2.45, 2.75) is 13.8 Å². The number of aryl methyl sites for hydroxylation is 2. The maximum atomic E-state index is 5.98. The quantitative estimate of drug-likeness (QED) is 0.754. The molecule has 0 atom stereocenters. The standard InChI is InChI=1S/C17H16N2O/c1-11-7-6-8-12(2)14(11)16-15(17(18)20-19-16)13-9-4-3-5-10-13/h3-10H,18H2,1-2H3. The van der Waals surface area contributed by atoms with Gasteiger partial charge in [-0.05, 0) is 30.5 Å². The molecular formula is C17H16N2O. The van der Waals surface area contributed by atoms with Crippen LogP contribution in [0.4, 0.5) is 5.88 Å². The molecule has 0 unspecified atom stereocenters. The Labute approximate surface area is 118 Å². The normalized spacial score (nSPS) is 10.7. The lowest BCUT2D eigenvalue weighted by atomic mass is 9.95. The largest absolute Gasteiger partial charge is 0.367 e. The fourth-order valence-corrected chi connectivity index (χ4v) is 2.55. The molecule has 0 spiro atoms. The first-order chi connectivity index (χ1) is 9.68. The zero-order valence-corrected chi connectivity index (χ0v) is 11.6. The third kappa shape index (κ3) is 1.97. The molecule has 3 nitrogen and oxygen atoms in total. The number of aromatic nitrogens is 1. The molecule has 2 N–H and O–H groups in total. The summed E-state index contributed by atoms with van der Waals surface area (Å²) in [6.45, 7) is 4.14. The Morgan fingerprint density at radius 1 is 0.850 bits per heavy atom. The highest BCUT2D eigenvalue weighted by Gasteiger charge is 2.19. The minimum atomic E-state index is 0.355. The number of nitrogens with zero attached hydrogens (tertiary/aromatic N) is 1. The number of hydrogen-bond acceptors (Lipinski definition) is 3. The van der Waals surface area contributed by atoms with Crippen molar-refractivity contribution < 1.29 is 4.52 Å². The highest BCUT2D eigenvalue weighted by Crippen LogP contribution is 2.38. The van der Waals surface area contributed by atoms with Crippen molar-refractivity contribution in [1.82, 2.24) is 5.16 Å². The van der Waals surface area contributed by atoms with Gasteiger partial charge in [0.25, 0.3) is 0 Å². The number of nitrogen functional groups attached to an aromatic ring is 1. The summed E-state index contributed by atoms with van der Waals surface area (Å²) in [4.78, 5) is 0. The molecule has 3 heteroatoms. The number of anilines is 1. The molecule has 0 aliphatic heterocycles. The Bertz CT molecular complexity index is 725. The molecule has 0 bridgehead atoms. The van der Waals surface area contributed by atoms with Gasteiger partial charge < -0.3 is 10.3 Å². The topological polar surface area (TPSA) is 52.0 Å².